The Balaban J connectivity index is 1.06. The number of fused-ring (bicyclic) bond motifs is 4. The van der Waals surface area contributed by atoms with Crippen LogP contribution in [0.1, 0.15) is 31.2 Å². The van der Waals surface area contributed by atoms with Crippen molar-refractivity contribution in [2.24, 2.45) is 0 Å². The summed E-state index contributed by atoms with van der Waals surface area (Å²) in [6, 6.07) is 28.5. The fraction of sp³-hybridized carbons (Fsp3) is 0.281. The van der Waals surface area contributed by atoms with Gasteiger partial charge in [0.1, 0.15) is 6.10 Å². The van der Waals surface area contributed by atoms with Gasteiger partial charge in [0.2, 0.25) is 0 Å². The highest BCUT2D eigenvalue weighted by Crippen LogP contribution is 2.49. The Morgan fingerprint density at radius 1 is 0.838 bits per heavy atom. The van der Waals surface area contributed by atoms with Gasteiger partial charge in [-0.25, -0.2) is 0 Å². The van der Waals surface area contributed by atoms with Gasteiger partial charge in [-0.05, 0) is 85.2 Å². The second kappa shape index (κ2) is 9.56. The minimum absolute atomic E-state index is 0.213. The topological polar surface area (TPSA) is 46.6 Å². The Morgan fingerprint density at radius 2 is 1.65 bits per heavy atom. The Labute approximate surface area is 218 Å². The normalized spacial score (nSPS) is 21.9. The molecule has 37 heavy (non-hydrogen) atoms. The highest BCUT2D eigenvalue weighted by Gasteiger charge is 2.41. The summed E-state index contributed by atoms with van der Waals surface area (Å²) in [5, 5.41) is 3.54. The Bertz CT molecular complexity index is 1380. The van der Waals surface area contributed by atoms with Gasteiger partial charge >= 0.3 is 0 Å². The smallest absolute Gasteiger partial charge is 0.192 e. The molecule has 1 aromatic heterocycles. The molecule has 0 saturated carbocycles. The molecule has 3 aliphatic heterocycles. The molecule has 2 fully saturated rings. The molecule has 2 saturated heterocycles. The molecule has 0 radical (unpaired) electrons. The van der Waals surface area contributed by atoms with E-state index in [1.165, 1.54) is 18.4 Å². The number of hydrogen-bond donors (Lipinski definition) is 1. The fourth-order valence-corrected chi connectivity index (χ4v) is 6.27. The Kier molecular flexibility index (Phi) is 5.78. The molecule has 2 unspecified atom stereocenters. The average molecular weight is 490 g/mol. The predicted molar refractivity (Wildman–Crippen MR) is 147 cm³/mol. The molecule has 1 N–H and O–H groups in total. The van der Waals surface area contributed by atoms with Crippen LogP contribution in [0.2, 0.25) is 0 Å². The third-order valence-electron chi connectivity index (χ3n) is 8.09. The van der Waals surface area contributed by atoms with E-state index in [9.17, 15) is 0 Å². The van der Waals surface area contributed by atoms with E-state index in [0.717, 1.165) is 65.6 Å². The van der Waals surface area contributed by atoms with Crippen LogP contribution < -0.4 is 14.8 Å². The third kappa shape index (κ3) is 4.44. The summed E-state index contributed by atoms with van der Waals surface area (Å²) < 4.78 is 13.2. The zero-order chi connectivity index (χ0) is 24.6. The predicted octanol–water partition coefficient (Wildman–Crippen LogP) is 7.21. The molecule has 3 aliphatic rings. The number of para-hydroxylation sites is 1. The number of nitrogens with zero attached hydrogens (tertiary/aromatic N) is 2. The van der Waals surface area contributed by atoms with Gasteiger partial charge in [-0.2, -0.15) is 0 Å². The average Bonchev–Trinajstić information content (AvgIpc) is 3.19. The van der Waals surface area contributed by atoms with Gasteiger partial charge in [-0.3, -0.25) is 9.88 Å². The van der Waals surface area contributed by atoms with E-state index >= 15 is 0 Å². The van der Waals surface area contributed by atoms with Crippen LogP contribution in [0.15, 0.2) is 91.3 Å². The number of pyridine rings is 1. The van der Waals surface area contributed by atoms with E-state index in [0.29, 0.717) is 12.1 Å². The molecule has 5 heteroatoms. The second-order valence-electron chi connectivity index (χ2n) is 10.4. The van der Waals surface area contributed by atoms with Gasteiger partial charge in [0.25, 0.3) is 0 Å². The molecule has 0 aliphatic carbocycles. The quantitative estimate of drug-likeness (QED) is 0.273. The highest BCUT2D eigenvalue weighted by atomic mass is 16.5. The zero-order valence-electron chi connectivity index (χ0n) is 20.8. The van der Waals surface area contributed by atoms with E-state index in [4.69, 9.17) is 9.47 Å². The molecule has 2 atom stereocenters. The Morgan fingerprint density at radius 3 is 2.46 bits per heavy atom. The van der Waals surface area contributed by atoms with Crippen LogP contribution in [0.25, 0.3) is 11.1 Å². The molecule has 3 aromatic carbocycles. The number of anilines is 2. The molecule has 0 spiro atoms. The van der Waals surface area contributed by atoms with Crippen molar-refractivity contribution in [2.75, 3.05) is 11.9 Å². The summed E-state index contributed by atoms with van der Waals surface area (Å²) in [6.07, 6.45) is 9.66. The van der Waals surface area contributed by atoms with E-state index < -0.39 is 0 Å². The number of nitrogens with one attached hydrogen (secondary N) is 1. The largest absolute Gasteiger partial charge is 0.486 e. The van der Waals surface area contributed by atoms with Crippen LogP contribution in [0.3, 0.4) is 0 Å². The highest BCUT2D eigenvalue weighted by molar-refractivity contribution is 5.81. The lowest BCUT2D eigenvalue weighted by Gasteiger charge is -2.39. The van der Waals surface area contributed by atoms with Crippen molar-refractivity contribution in [3.63, 3.8) is 0 Å². The minimum Gasteiger partial charge on any atom is -0.486 e. The van der Waals surface area contributed by atoms with Gasteiger partial charge in [0.05, 0.1) is 11.4 Å². The maximum absolute atomic E-state index is 6.68. The van der Waals surface area contributed by atoms with E-state index in [1.807, 2.05) is 36.7 Å². The van der Waals surface area contributed by atoms with Gasteiger partial charge in [0, 0.05) is 31.0 Å². The van der Waals surface area contributed by atoms with Gasteiger partial charge < -0.3 is 14.8 Å². The van der Waals surface area contributed by atoms with Crippen molar-refractivity contribution >= 4 is 11.4 Å². The first-order valence-electron chi connectivity index (χ1n) is 13.4. The molecule has 7 rings (SSSR count). The number of rotatable bonds is 6. The van der Waals surface area contributed by atoms with Crippen molar-refractivity contribution < 1.29 is 9.47 Å². The van der Waals surface area contributed by atoms with Crippen molar-refractivity contribution in [1.29, 1.82) is 0 Å². The van der Waals surface area contributed by atoms with Crippen molar-refractivity contribution in [1.82, 2.24) is 9.88 Å². The van der Waals surface area contributed by atoms with E-state index in [1.54, 1.807) is 0 Å². The van der Waals surface area contributed by atoms with Crippen molar-refractivity contribution in [3.8, 4) is 28.4 Å². The first-order valence-corrected chi connectivity index (χ1v) is 13.4. The van der Waals surface area contributed by atoms with Crippen LogP contribution in [-0.4, -0.2) is 34.6 Å². The van der Waals surface area contributed by atoms with Crippen LogP contribution in [0, 0.1) is 0 Å². The Hall–Kier alpha value is -3.83. The summed E-state index contributed by atoms with van der Waals surface area (Å²) in [6.45, 7) is 1.14. The number of benzene rings is 3. The molecule has 2 bridgehead atoms. The summed E-state index contributed by atoms with van der Waals surface area (Å²) in [7, 11) is 0. The molecule has 0 amide bonds. The van der Waals surface area contributed by atoms with E-state index in [-0.39, 0.29) is 6.10 Å². The first-order chi connectivity index (χ1) is 18.3. The lowest BCUT2D eigenvalue weighted by Crippen LogP contribution is -2.47. The van der Waals surface area contributed by atoms with Crippen LogP contribution in [0.5, 0.6) is 17.2 Å². The molecule has 4 aromatic rings. The number of ether oxygens (including phenoxy) is 2. The number of hydrogen-bond acceptors (Lipinski definition) is 5. The standard InChI is InChI=1S/C32H31N3O2/c1-2-5-22(6-3-1)15-18-35-25-10-11-26(35)21-27(20-25)36-30-8-4-7-29-32(30)37-31-19-24(9-12-28(31)34-29)23-13-16-33-17-14-23/h1-9,12-14,16-17,19,25-27,34H,10-11,15,18,20-21H2. The molecule has 186 valence electrons. The lowest BCUT2D eigenvalue weighted by molar-refractivity contribution is 0.0491. The van der Waals surface area contributed by atoms with Crippen molar-refractivity contribution in [3.05, 3.63) is 96.8 Å². The lowest BCUT2D eigenvalue weighted by atomic mass is 9.98. The molecular formula is C32H31N3O2. The first kappa shape index (κ1) is 22.4. The van der Waals surface area contributed by atoms with E-state index in [2.05, 4.69) is 69.8 Å². The molecular weight excluding hydrogens is 458 g/mol. The SMILES string of the molecule is c1ccc(CCN2C3CCC2CC(Oc2cccc4c2Oc2cc(-c5ccncc5)ccc2N4)C3)cc1. The minimum atomic E-state index is 0.213. The number of piperidine rings is 1. The molecule has 5 nitrogen and oxygen atoms in total. The summed E-state index contributed by atoms with van der Waals surface area (Å²) >= 11 is 0. The maximum Gasteiger partial charge on any atom is 0.192 e. The van der Waals surface area contributed by atoms with Crippen LogP contribution in [-0.2, 0) is 6.42 Å². The van der Waals surface area contributed by atoms with Gasteiger partial charge in [-0.15, -0.1) is 0 Å². The van der Waals surface area contributed by atoms with Crippen LogP contribution >= 0.6 is 0 Å². The second-order valence-corrected chi connectivity index (χ2v) is 10.4. The fourth-order valence-electron chi connectivity index (χ4n) is 6.27. The van der Waals surface area contributed by atoms with Gasteiger partial charge in [-0.1, -0.05) is 42.5 Å². The number of aromatic nitrogens is 1. The monoisotopic (exact) mass is 489 g/mol. The third-order valence-corrected chi connectivity index (χ3v) is 8.09. The summed E-state index contributed by atoms with van der Waals surface area (Å²) in [5.74, 6) is 2.42. The van der Waals surface area contributed by atoms with Crippen LogP contribution in [0.4, 0.5) is 11.4 Å². The summed E-state index contributed by atoms with van der Waals surface area (Å²) in [5.41, 5.74) is 5.56. The maximum atomic E-state index is 6.68. The zero-order valence-corrected chi connectivity index (χ0v) is 20.8. The van der Waals surface area contributed by atoms with Gasteiger partial charge in [0.15, 0.2) is 17.2 Å². The summed E-state index contributed by atoms with van der Waals surface area (Å²) in [4.78, 5) is 6.87. The van der Waals surface area contributed by atoms with Crippen molar-refractivity contribution in [2.45, 2.75) is 50.3 Å². The molecule has 4 heterocycles.